The summed E-state index contributed by atoms with van der Waals surface area (Å²) in [6.07, 6.45) is 0. The molecule has 0 saturated carbocycles. The maximum absolute atomic E-state index is 11.1. The van der Waals surface area contributed by atoms with Gasteiger partial charge in [-0.1, -0.05) is 12.1 Å². The summed E-state index contributed by atoms with van der Waals surface area (Å²) in [5.41, 5.74) is 0.104. The quantitative estimate of drug-likeness (QED) is 0.429. The van der Waals surface area contributed by atoms with Gasteiger partial charge in [0.05, 0.1) is 10.3 Å². The second-order valence-electron chi connectivity index (χ2n) is 3.09. The van der Waals surface area contributed by atoms with E-state index in [4.69, 9.17) is 4.42 Å². The molecule has 1 aromatic heterocycles. The third kappa shape index (κ3) is 1.38. The number of hydrogen-bond donors (Lipinski definition) is 0. The van der Waals surface area contributed by atoms with Gasteiger partial charge in [-0.15, -0.1) is 0 Å². The molecule has 0 spiro atoms. The average Bonchev–Trinajstić information content (AvgIpc) is 2.56. The Kier molecular flexibility index (Phi) is 2.00. The van der Waals surface area contributed by atoms with Crippen molar-refractivity contribution in [3.63, 3.8) is 0 Å². The molecule has 0 unspecified atom stereocenters. The number of carbonyl (C=O) groups is 1. The van der Waals surface area contributed by atoms with Gasteiger partial charge in [0.25, 0.3) is 0 Å². The van der Waals surface area contributed by atoms with Gasteiger partial charge in [0.1, 0.15) is 5.58 Å². The van der Waals surface area contributed by atoms with Crippen LogP contribution < -0.4 is 0 Å². The van der Waals surface area contributed by atoms with Crippen LogP contribution in [0.3, 0.4) is 0 Å². The Labute approximate surface area is 84.5 Å². The fourth-order valence-corrected chi connectivity index (χ4v) is 1.45. The highest BCUT2D eigenvalue weighted by atomic mass is 16.6. The first-order chi connectivity index (χ1) is 7.11. The van der Waals surface area contributed by atoms with Crippen LogP contribution in [-0.4, -0.2) is 10.7 Å². The van der Waals surface area contributed by atoms with Crippen molar-refractivity contribution in [1.29, 1.82) is 0 Å². The largest absolute Gasteiger partial charge is 0.446 e. The summed E-state index contributed by atoms with van der Waals surface area (Å²) in [5.74, 6) is -0.640. The van der Waals surface area contributed by atoms with E-state index in [2.05, 4.69) is 0 Å². The van der Waals surface area contributed by atoms with E-state index in [1.165, 1.54) is 6.92 Å². The van der Waals surface area contributed by atoms with Gasteiger partial charge < -0.3 is 4.42 Å². The molecule has 76 valence electrons. The first kappa shape index (κ1) is 9.39. The van der Waals surface area contributed by atoms with Gasteiger partial charge in [-0.25, -0.2) is 0 Å². The number of nitro groups is 1. The highest BCUT2D eigenvalue weighted by molar-refractivity contribution is 6.03. The fourth-order valence-electron chi connectivity index (χ4n) is 1.45. The Morgan fingerprint density at radius 3 is 2.67 bits per heavy atom. The molecule has 2 rings (SSSR count). The smallest absolute Gasteiger partial charge is 0.326 e. The maximum Gasteiger partial charge on any atom is 0.326 e. The van der Waals surface area contributed by atoms with Crippen molar-refractivity contribution in [2.45, 2.75) is 6.92 Å². The van der Waals surface area contributed by atoms with Crippen molar-refractivity contribution in [2.24, 2.45) is 0 Å². The van der Waals surface area contributed by atoms with Crippen molar-refractivity contribution < 1.29 is 14.1 Å². The first-order valence-corrected chi connectivity index (χ1v) is 4.28. The van der Waals surface area contributed by atoms with E-state index in [1.54, 1.807) is 24.3 Å². The lowest BCUT2D eigenvalue weighted by Gasteiger charge is -1.88. The SMILES string of the molecule is CC(=O)c1oc2ccccc2c1[N+](=O)[O-]. The Hall–Kier alpha value is -2.17. The molecule has 1 aromatic carbocycles. The second-order valence-corrected chi connectivity index (χ2v) is 3.09. The molecule has 5 heteroatoms. The van der Waals surface area contributed by atoms with E-state index in [0.29, 0.717) is 11.0 Å². The minimum absolute atomic E-state index is 0.193. The minimum atomic E-state index is -0.595. The van der Waals surface area contributed by atoms with E-state index in [0.717, 1.165) is 0 Å². The van der Waals surface area contributed by atoms with Crippen LogP contribution in [0.1, 0.15) is 17.5 Å². The lowest BCUT2D eigenvalue weighted by molar-refractivity contribution is -0.383. The molecule has 15 heavy (non-hydrogen) atoms. The number of benzene rings is 1. The topological polar surface area (TPSA) is 73.3 Å². The molecule has 0 aliphatic heterocycles. The van der Waals surface area contributed by atoms with Crippen LogP contribution in [0.25, 0.3) is 11.0 Å². The predicted octanol–water partition coefficient (Wildman–Crippen LogP) is 2.54. The van der Waals surface area contributed by atoms with Crippen molar-refractivity contribution >= 4 is 22.4 Å². The zero-order valence-electron chi connectivity index (χ0n) is 7.89. The summed E-state index contributed by atoms with van der Waals surface area (Å²) < 4.78 is 5.13. The summed E-state index contributed by atoms with van der Waals surface area (Å²) >= 11 is 0. The van der Waals surface area contributed by atoms with Crippen LogP contribution in [0.4, 0.5) is 5.69 Å². The number of fused-ring (bicyclic) bond motifs is 1. The summed E-state index contributed by atoms with van der Waals surface area (Å²) in [5, 5.41) is 11.1. The van der Waals surface area contributed by atoms with Crippen LogP contribution in [0.5, 0.6) is 0 Å². The van der Waals surface area contributed by atoms with E-state index in [9.17, 15) is 14.9 Å². The van der Waals surface area contributed by atoms with Gasteiger partial charge in [0, 0.05) is 6.92 Å². The number of carbonyl (C=O) groups excluding carboxylic acids is 1. The Morgan fingerprint density at radius 2 is 2.07 bits per heavy atom. The van der Waals surface area contributed by atoms with Crippen molar-refractivity contribution in [3.8, 4) is 0 Å². The van der Waals surface area contributed by atoms with E-state index >= 15 is 0 Å². The lowest BCUT2D eigenvalue weighted by Crippen LogP contribution is -1.96. The van der Waals surface area contributed by atoms with Crippen LogP contribution in [0.2, 0.25) is 0 Å². The normalized spacial score (nSPS) is 10.5. The van der Waals surface area contributed by atoms with Gasteiger partial charge in [0.15, 0.2) is 0 Å². The van der Waals surface area contributed by atoms with E-state index in [1.807, 2.05) is 0 Å². The summed E-state index contributed by atoms with van der Waals surface area (Å²) in [4.78, 5) is 21.3. The molecular weight excluding hydrogens is 198 g/mol. The molecular formula is C10H7NO4. The molecule has 0 aliphatic rings. The van der Waals surface area contributed by atoms with Gasteiger partial charge in [-0.3, -0.25) is 14.9 Å². The van der Waals surface area contributed by atoms with Crippen molar-refractivity contribution in [2.75, 3.05) is 0 Å². The van der Waals surface area contributed by atoms with Crippen LogP contribution >= 0.6 is 0 Å². The van der Waals surface area contributed by atoms with Gasteiger partial charge >= 0.3 is 5.69 Å². The van der Waals surface area contributed by atoms with Gasteiger partial charge in [-0.2, -0.15) is 0 Å². The minimum Gasteiger partial charge on any atom is -0.446 e. The number of hydrogen-bond acceptors (Lipinski definition) is 4. The summed E-state index contributed by atoms with van der Waals surface area (Å²) in [6.45, 7) is 1.24. The number of Topliss-reactive ketones (excluding diaryl/α,β-unsaturated/α-hetero) is 1. The first-order valence-electron chi connectivity index (χ1n) is 4.28. The Balaban J connectivity index is 2.86. The molecule has 0 atom stereocenters. The van der Waals surface area contributed by atoms with Crippen LogP contribution in [0.15, 0.2) is 28.7 Å². The van der Waals surface area contributed by atoms with E-state index < -0.39 is 10.7 Å². The monoisotopic (exact) mass is 205 g/mol. The molecule has 2 aromatic rings. The predicted molar refractivity (Wildman–Crippen MR) is 52.9 cm³/mol. The highest BCUT2D eigenvalue weighted by Gasteiger charge is 2.26. The molecule has 0 N–H and O–H groups in total. The third-order valence-corrected chi connectivity index (χ3v) is 2.07. The van der Waals surface area contributed by atoms with Crippen LogP contribution in [0, 0.1) is 10.1 Å². The number of nitrogens with zero attached hydrogens (tertiary/aromatic N) is 1. The van der Waals surface area contributed by atoms with Crippen LogP contribution in [-0.2, 0) is 0 Å². The lowest BCUT2D eigenvalue weighted by atomic mass is 10.2. The zero-order chi connectivity index (χ0) is 11.0. The molecule has 0 fully saturated rings. The third-order valence-electron chi connectivity index (χ3n) is 2.07. The molecule has 0 aliphatic carbocycles. The second kappa shape index (κ2) is 3.20. The Bertz CT molecular complexity index is 556. The zero-order valence-corrected chi connectivity index (χ0v) is 7.89. The molecule has 0 bridgehead atoms. The highest BCUT2D eigenvalue weighted by Crippen LogP contribution is 2.32. The molecule has 0 saturated heterocycles. The number of ketones is 1. The summed E-state index contributed by atoms with van der Waals surface area (Å²) in [7, 11) is 0. The maximum atomic E-state index is 11.1. The standard InChI is InChI=1S/C10H7NO4/c1-6(12)10-9(11(13)14)7-4-2-3-5-8(7)15-10/h2-5H,1H3. The number of furan rings is 1. The van der Waals surface area contributed by atoms with E-state index in [-0.39, 0.29) is 11.4 Å². The fraction of sp³-hybridized carbons (Fsp3) is 0.100. The molecule has 1 heterocycles. The number of para-hydroxylation sites is 1. The van der Waals surface area contributed by atoms with Gasteiger partial charge in [0.2, 0.25) is 11.5 Å². The number of rotatable bonds is 2. The molecule has 0 radical (unpaired) electrons. The molecule has 5 nitrogen and oxygen atoms in total. The molecule has 0 amide bonds. The Morgan fingerprint density at radius 1 is 1.40 bits per heavy atom. The summed E-state index contributed by atoms with van der Waals surface area (Å²) in [6, 6.07) is 6.51. The van der Waals surface area contributed by atoms with Crippen molar-refractivity contribution in [1.82, 2.24) is 0 Å². The van der Waals surface area contributed by atoms with Gasteiger partial charge in [-0.05, 0) is 12.1 Å². The average molecular weight is 205 g/mol. The van der Waals surface area contributed by atoms with Crippen molar-refractivity contribution in [3.05, 3.63) is 40.1 Å².